The molecule has 0 atom stereocenters. The number of carbonyl (C=O) groups is 1. The molecule has 26 heavy (non-hydrogen) atoms. The molecule has 7 nitrogen and oxygen atoms in total. The van der Waals surface area contributed by atoms with E-state index in [2.05, 4.69) is 10.6 Å². The third-order valence-electron chi connectivity index (χ3n) is 4.95. The number of ether oxygens (including phenoxy) is 1. The summed E-state index contributed by atoms with van der Waals surface area (Å²) in [6, 6.07) is 4.88. The van der Waals surface area contributed by atoms with Gasteiger partial charge in [-0.25, -0.2) is 8.42 Å². The van der Waals surface area contributed by atoms with Gasteiger partial charge in [-0.2, -0.15) is 4.31 Å². The second-order valence-electron chi connectivity index (χ2n) is 6.72. The molecular formula is C18H27N3O4S. The van der Waals surface area contributed by atoms with E-state index in [1.165, 1.54) is 4.31 Å². The Balaban J connectivity index is 1.86. The predicted molar refractivity (Wildman–Crippen MR) is 101 cm³/mol. The zero-order valence-corrected chi connectivity index (χ0v) is 16.0. The van der Waals surface area contributed by atoms with E-state index in [1.54, 1.807) is 18.2 Å². The maximum atomic E-state index is 12.9. The van der Waals surface area contributed by atoms with Crippen LogP contribution in [-0.2, 0) is 19.6 Å². The Morgan fingerprint density at radius 1 is 1.19 bits per heavy atom. The smallest absolute Gasteiger partial charge is 0.243 e. The summed E-state index contributed by atoms with van der Waals surface area (Å²) in [6.45, 7) is 4.14. The van der Waals surface area contributed by atoms with E-state index < -0.39 is 10.0 Å². The van der Waals surface area contributed by atoms with Gasteiger partial charge in [0.25, 0.3) is 0 Å². The molecule has 8 heteroatoms. The summed E-state index contributed by atoms with van der Waals surface area (Å²) in [4.78, 5) is 12.7. The van der Waals surface area contributed by atoms with Gasteiger partial charge >= 0.3 is 0 Å². The second kappa shape index (κ2) is 8.37. The van der Waals surface area contributed by atoms with Crippen LogP contribution < -0.4 is 10.6 Å². The number of nitrogens with one attached hydrogen (secondary N) is 2. The highest BCUT2D eigenvalue weighted by atomic mass is 32.2. The van der Waals surface area contributed by atoms with E-state index in [-0.39, 0.29) is 16.7 Å². The van der Waals surface area contributed by atoms with Gasteiger partial charge in [0.1, 0.15) is 0 Å². The SMILES string of the molecule is CCNc1ccc(S(=O)(=O)N2CCOCC2)cc1NC(=O)C1CCCC1. The van der Waals surface area contributed by atoms with Crippen LogP contribution in [0.5, 0.6) is 0 Å². The van der Waals surface area contributed by atoms with E-state index in [4.69, 9.17) is 4.74 Å². The quantitative estimate of drug-likeness (QED) is 0.789. The van der Waals surface area contributed by atoms with Gasteiger partial charge < -0.3 is 15.4 Å². The van der Waals surface area contributed by atoms with Crippen LogP contribution in [0.3, 0.4) is 0 Å². The van der Waals surface area contributed by atoms with Crippen molar-refractivity contribution in [2.45, 2.75) is 37.5 Å². The average molecular weight is 381 g/mol. The topological polar surface area (TPSA) is 87.7 Å². The molecule has 2 aliphatic rings. The molecule has 1 aromatic carbocycles. The van der Waals surface area contributed by atoms with E-state index in [9.17, 15) is 13.2 Å². The summed E-state index contributed by atoms with van der Waals surface area (Å²) in [7, 11) is -3.60. The Morgan fingerprint density at radius 3 is 2.54 bits per heavy atom. The largest absolute Gasteiger partial charge is 0.384 e. The fraction of sp³-hybridized carbons (Fsp3) is 0.611. The van der Waals surface area contributed by atoms with Crippen LogP contribution in [0.25, 0.3) is 0 Å². The molecule has 1 heterocycles. The number of carbonyl (C=O) groups excluding carboxylic acids is 1. The molecule has 1 amide bonds. The van der Waals surface area contributed by atoms with E-state index >= 15 is 0 Å². The molecular weight excluding hydrogens is 354 g/mol. The number of morpholine rings is 1. The lowest BCUT2D eigenvalue weighted by atomic mass is 10.1. The first-order valence-electron chi connectivity index (χ1n) is 9.29. The highest BCUT2D eigenvalue weighted by Gasteiger charge is 2.28. The van der Waals surface area contributed by atoms with Crippen molar-refractivity contribution in [2.75, 3.05) is 43.5 Å². The molecule has 3 rings (SSSR count). The number of amides is 1. The third-order valence-corrected chi connectivity index (χ3v) is 6.84. The molecule has 1 saturated carbocycles. The Labute approximate surface area is 155 Å². The fourth-order valence-corrected chi connectivity index (χ4v) is 4.93. The molecule has 144 valence electrons. The Bertz CT molecular complexity index is 739. The predicted octanol–water partition coefficient (Wildman–Crippen LogP) is 2.27. The first-order chi connectivity index (χ1) is 12.5. The van der Waals surface area contributed by atoms with Gasteiger partial charge in [0.15, 0.2) is 0 Å². The summed E-state index contributed by atoms with van der Waals surface area (Å²) >= 11 is 0. The maximum absolute atomic E-state index is 12.9. The summed E-state index contributed by atoms with van der Waals surface area (Å²) in [6.07, 6.45) is 3.94. The first kappa shape index (κ1) is 19.1. The van der Waals surface area contributed by atoms with Crippen LogP contribution in [-0.4, -0.2) is 51.5 Å². The normalized spacial score (nSPS) is 19.4. The molecule has 2 fully saturated rings. The molecule has 0 bridgehead atoms. The number of rotatable bonds is 6. The first-order valence-corrected chi connectivity index (χ1v) is 10.7. The van der Waals surface area contributed by atoms with Crippen molar-refractivity contribution in [2.24, 2.45) is 5.92 Å². The van der Waals surface area contributed by atoms with Gasteiger partial charge in [-0.3, -0.25) is 4.79 Å². The molecule has 1 aromatic rings. The third kappa shape index (κ3) is 4.19. The fourth-order valence-electron chi connectivity index (χ4n) is 3.49. The van der Waals surface area contributed by atoms with Gasteiger partial charge in [0.2, 0.25) is 15.9 Å². The van der Waals surface area contributed by atoms with Crippen LogP contribution in [0.2, 0.25) is 0 Å². The van der Waals surface area contributed by atoms with Crippen molar-refractivity contribution in [3.63, 3.8) is 0 Å². The van der Waals surface area contributed by atoms with Crippen LogP contribution in [0.1, 0.15) is 32.6 Å². The molecule has 0 unspecified atom stereocenters. The average Bonchev–Trinajstić information content (AvgIpc) is 3.19. The Kier molecular flexibility index (Phi) is 6.16. The zero-order valence-electron chi connectivity index (χ0n) is 15.2. The van der Waals surface area contributed by atoms with Crippen LogP contribution in [0, 0.1) is 5.92 Å². The van der Waals surface area contributed by atoms with E-state index in [0.717, 1.165) is 31.4 Å². The number of nitrogens with zero attached hydrogens (tertiary/aromatic N) is 1. The summed E-state index contributed by atoms with van der Waals surface area (Å²) in [5, 5.41) is 6.13. The van der Waals surface area contributed by atoms with Crippen LogP contribution >= 0.6 is 0 Å². The van der Waals surface area contributed by atoms with Crippen molar-refractivity contribution >= 4 is 27.3 Å². The van der Waals surface area contributed by atoms with E-state index in [1.807, 2.05) is 6.92 Å². The van der Waals surface area contributed by atoms with Crippen LogP contribution in [0.15, 0.2) is 23.1 Å². The molecule has 0 spiro atoms. The Hall–Kier alpha value is -1.64. The highest BCUT2D eigenvalue weighted by molar-refractivity contribution is 7.89. The summed E-state index contributed by atoms with van der Waals surface area (Å²) in [5.74, 6) is -0.00782. The molecule has 2 N–H and O–H groups in total. The van der Waals surface area contributed by atoms with Crippen molar-refractivity contribution in [1.29, 1.82) is 0 Å². The molecule has 1 aliphatic heterocycles. The van der Waals surface area contributed by atoms with Crippen molar-refractivity contribution < 1.29 is 17.9 Å². The molecule has 1 saturated heterocycles. The van der Waals surface area contributed by atoms with Crippen molar-refractivity contribution in [1.82, 2.24) is 4.31 Å². The van der Waals surface area contributed by atoms with Crippen molar-refractivity contribution in [3.8, 4) is 0 Å². The van der Waals surface area contributed by atoms with Crippen molar-refractivity contribution in [3.05, 3.63) is 18.2 Å². The number of anilines is 2. The Morgan fingerprint density at radius 2 is 1.88 bits per heavy atom. The number of hydrogen-bond acceptors (Lipinski definition) is 5. The molecule has 1 aliphatic carbocycles. The lowest BCUT2D eigenvalue weighted by molar-refractivity contribution is -0.119. The number of hydrogen-bond donors (Lipinski definition) is 2. The number of benzene rings is 1. The monoisotopic (exact) mass is 381 g/mol. The minimum atomic E-state index is -3.60. The minimum Gasteiger partial charge on any atom is -0.384 e. The molecule has 0 radical (unpaired) electrons. The highest BCUT2D eigenvalue weighted by Crippen LogP contribution is 2.30. The summed E-state index contributed by atoms with van der Waals surface area (Å²) in [5.41, 5.74) is 1.26. The van der Waals surface area contributed by atoms with Crippen LogP contribution in [0.4, 0.5) is 11.4 Å². The van der Waals surface area contributed by atoms with Gasteiger partial charge in [-0.05, 0) is 38.0 Å². The lowest BCUT2D eigenvalue weighted by Gasteiger charge is -2.26. The summed E-state index contributed by atoms with van der Waals surface area (Å²) < 4.78 is 32.4. The van der Waals surface area contributed by atoms with Gasteiger partial charge in [-0.15, -0.1) is 0 Å². The standard InChI is InChI=1S/C18H27N3O4S/c1-2-19-16-8-7-15(26(23,24)21-9-11-25-12-10-21)13-17(16)20-18(22)14-5-3-4-6-14/h7-8,13-14,19H,2-6,9-12H2,1H3,(H,20,22). The zero-order chi connectivity index (χ0) is 18.6. The molecule has 0 aromatic heterocycles. The maximum Gasteiger partial charge on any atom is 0.243 e. The van der Waals surface area contributed by atoms with Gasteiger partial charge in [-0.1, -0.05) is 12.8 Å². The van der Waals surface area contributed by atoms with Gasteiger partial charge in [0.05, 0.1) is 29.5 Å². The second-order valence-corrected chi connectivity index (χ2v) is 8.66. The number of sulfonamides is 1. The lowest BCUT2D eigenvalue weighted by Crippen LogP contribution is -2.40. The van der Waals surface area contributed by atoms with Gasteiger partial charge in [0, 0.05) is 25.6 Å². The minimum absolute atomic E-state index is 0.0176. The van der Waals surface area contributed by atoms with E-state index in [0.29, 0.717) is 38.5 Å².